The minimum Gasteiger partial charge on any atom is -0.492 e. The summed E-state index contributed by atoms with van der Waals surface area (Å²) in [5.41, 5.74) is 1.91. The molecule has 0 atom stereocenters. The molecule has 110 valence electrons. The first kappa shape index (κ1) is 14.0. The summed E-state index contributed by atoms with van der Waals surface area (Å²) in [6.45, 7) is 3.37. The number of fused-ring (bicyclic) bond motifs is 1. The van der Waals surface area contributed by atoms with Crippen molar-refractivity contribution in [3.8, 4) is 5.75 Å². The van der Waals surface area contributed by atoms with E-state index >= 15 is 0 Å². The number of aromatic nitrogens is 2. The predicted octanol–water partition coefficient (Wildman–Crippen LogP) is 4.01. The van der Waals surface area contributed by atoms with Crippen molar-refractivity contribution in [1.82, 2.24) is 9.55 Å². The first-order chi connectivity index (χ1) is 10.3. The highest BCUT2D eigenvalue weighted by atomic mass is 35.5. The number of furan rings is 1. The molecule has 1 aromatic carbocycles. The number of alkyl halides is 1. The van der Waals surface area contributed by atoms with Crippen LogP contribution >= 0.6 is 11.6 Å². The lowest BCUT2D eigenvalue weighted by Gasteiger charge is -2.07. The predicted molar refractivity (Wildman–Crippen MR) is 82.9 cm³/mol. The first-order valence-corrected chi connectivity index (χ1v) is 7.56. The molecule has 21 heavy (non-hydrogen) atoms. The van der Waals surface area contributed by atoms with Crippen LogP contribution in [-0.4, -0.2) is 16.2 Å². The number of halogens is 1. The lowest BCUT2D eigenvalue weighted by molar-refractivity contribution is 0.343. The van der Waals surface area contributed by atoms with Crippen LogP contribution < -0.4 is 4.74 Å². The number of imidazole rings is 1. The van der Waals surface area contributed by atoms with Gasteiger partial charge in [-0.3, -0.25) is 0 Å². The van der Waals surface area contributed by atoms with Gasteiger partial charge in [-0.05, 0) is 31.2 Å². The molecule has 0 N–H and O–H groups in total. The Balaban J connectivity index is 1.97. The maximum Gasteiger partial charge on any atom is 0.147 e. The third-order valence-electron chi connectivity index (χ3n) is 3.40. The van der Waals surface area contributed by atoms with E-state index in [1.807, 2.05) is 37.3 Å². The van der Waals surface area contributed by atoms with E-state index in [1.54, 1.807) is 6.26 Å². The SMILES string of the molecule is CCOc1cccc2c1nc(CCl)n2CCc1ccco1. The van der Waals surface area contributed by atoms with Gasteiger partial charge in [0, 0.05) is 13.0 Å². The van der Waals surface area contributed by atoms with Crippen LogP contribution in [0.5, 0.6) is 5.75 Å². The number of aryl methyl sites for hydroxylation is 2. The summed E-state index contributed by atoms with van der Waals surface area (Å²) < 4.78 is 13.2. The Bertz CT molecular complexity index is 719. The molecule has 0 aliphatic rings. The third kappa shape index (κ3) is 2.76. The zero-order chi connectivity index (χ0) is 14.7. The minimum atomic E-state index is 0.373. The number of ether oxygens (including phenoxy) is 1. The van der Waals surface area contributed by atoms with Crippen molar-refractivity contribution >= 4 is 22.6 Å². The van der Waals surface area contributed by atoms with Crippen molar-refractivity contribution in [3.05, 3.63) is 48.2 Å². The Morgan fingerprint density at radius 1 is 1.29 bits per heavy atom. The Labute approximate surface area is 128 Å². The number of hydrogen-bond acceptors (Lipinski definition) is 3. The summed E-state index contributed by atoms with van der Waals surface area (Å²) in [4.78, 5) is 4.63. The molecular weight excluding hydrogens is 288 g/mol. The molecule has 0 fully saturated rings. The fraction of sp³-hybridized carbons (Fsp3) is 0.312. The van der Waals surface area contributed by atoms with Crippen LogP contribution in [0, 0.1) is 0 Å². The van der Waals surface area contributed by atoms with Crippen LogP contribution in [0.15, 0.2) is 41.0 Å². The Hall–Kier alpha value is -1.94. The van der Waals surface area contributed by atoms with Crippen molar-refractivity contribution < 1.29 is 9.15 Å². The Kier molecular flexibility index (Phi) is 4.15. The monoisotopic (exact) mass is 304 g/mol. The summed E-state index contributed by atoms with van der Waals surface area (Å²) in [5.74, 6) is 2.99. The summed E-state index contributed by atoms with van der Waals surface area (Å²) in [6, 6.07) is 9.84. The molecular formula is C16H17ClN2O2. The van der Waals surface area contributed by atoms with Gasteiger partial charge in [-0.1, -0.05) is 6.07 Å². The van der Waals surface area contributed by atoms with Crippen molar-refractivity contribution in [2.45, 2.75) is 25.8 Å². The molecule has 0 unspecified atom stereocenters. The van der Waals surface area contributed by atoms with Crippen LogP contribution in [0.1, 0.15) is 18.5 Å². The van der Waals surface area contributed by atoms with Crippen molar-refractivity contribution in [3.63, 3.8) is 0 Å². The van der Waals surface area contributed by atoms with Gasteiger partial charge in [0.1, 0.15) is 22.9 Å². The van der Waals surface area contributed by atoms with Gasteiger partial charge in [-0.15, -0.1) is 11.6 Å². The number of hydrogen-bond donors (Lipinski definition) is 0. The number of para-hydroxylation sites is 1. The Morgan fingerprint density at radius 3 is 2.90 bits per heavy atom. The second kappa shape index (κ2) is 6.22. The van der Waals surface area contributed by atoms with Crippen LogP contribution in [-0.2, 0) is 18.8 Å². The highest BCUT2D eigenvalue weighted by Crippen LogP contribution is 2.27. The van der Waals surface area contributed by atoms with Crippen LogP contribution in [0.25, 0.3) is 11.0 Å². The standard InChI is InChI=1S/C16H17ClN2O2/c1-2-20-14-7-3-6-13-16(14)18-15(11-17)19(13)9-8-12-5-4-10-21-12/h3-7,10H,2,8-9,11H2,1H3. The molecule has 2 heterocycles. The highest BCUT2D eigenvalue weighted by Gasteiger charge is 2.13. The maximum absolute atomic E-state index is 6.05. The van der Waals surface area contributed by atoms with Gasteiger partial charge in [-0.2, -0.15) is 0 Å². The van der Waals surface area contributed by atoms with E-state index in [-0.39, 0.29) is 0 Å². The van der Waals surface area contributed by atoms with Crippen LogP contribution in [0.3, 0.4) is 0 Å². The van der Waals surface area contributed by atoms with E-state index in [9.17, 15) is 0 Å². The van der Waals surface area contributed by atoms with E-state index in [2.05, 4.69) is 9.55 Å². The average Bonchev–Trinajstić information content (AvgIpc) is 3.13. The van der Waals surface area contributed by atoms with E-state index in [0.717, 1.165) is 41.3 Å². The van der Waals surface area contributed by atoms with Gasteiger partial charge in [0.15, 0.2) is 0 Å². The van der Waals surface area contributed by atoms with E-state index in [1.165, 1.54) is 0 Å². The minimum absolute atomic E-state index is 0.373. The highest BCUT2D eigenvalue weighted by molar-refractivity contribution is 6.16. The van der Waals surface area contributed by atoms with Gasteiger partial charge in [0.25, 0.3) is 0 Å². The fourth-order valence-electron chi connectivity index (χ4n) is 2.47. The zero-order valence-electron chi connectivity index (χ0n) is 11.9. The van der Waals surface area contributed by atoms with Crippen LogP contribution in [0.2, 0.25) is 0 Å². The second-order valence-electron chi connectivity index (χ2n) is 4.70. The molecule has 0 amide bonds. The summed E-state index contributed by atoms with van der Waals surface area (Å²) in [6.07, 6.45) is 2.50. The third-order valence-corrected chi connectivity index (χ3v) is 3.64. The molecule has 5 heteroatoms. The quantitative estimate of drug-likeness (QED) is 0.646. The molecule has 0 aliphatic carbocycles. The van der Waals surface area contributed by atoms with Gasteiger partial charge in [0.2, 0.25) is 0 Å². The van der Waals surface area contributed by atoms with Crippen molar-refractivity contribution in [2.24, 2.45) is 0 Å². The van der Waals surface area contributed by atoms with E-state index in [0.29, 0.717) is 12.5 Å². The van der Waals surface area contributed by atoms with Gasteiger partial charge >= 0.3 is 0 Å². The maximum atomic E-state index is 6.05. The largest absolute Gasteiger partial charge is 0.492 e. The molecule has 3 aromatic rings. The lowest BCUT2D eigenvalue weighted by Crippen LogP contribution is -2.04. The summed E-state index contributed by atoms with van der Waals surface area (Å²) in [5, 5.41) is 0. The molecule has 0 saturated heterocycles. The topological polar surface area (TPSA) is 40.2 Å². The smallest absolute Gasteiger partial charge is 0.147 e. The summed E-state index contributed by atoms with van der Waals surface area (Å²) in [7, 11) is 0. The van der Waals surface area contributed by atoms with Crippen LogP contribution in [0.4, 0.5) is 0 Å². The van der Waals surface area contributed by atoms with E-state index in [4.69, 9.17) is 20.8 Å². The molecule has 0 aliphatic heterocycles. The molecule has 4 nitrogen and oxygen atoms in total. The normalized spacial score (nSPS) is 11.1. The number of nitrogens with zero attached hydrogens (tertiary/aromatic N) is 2. The zero-order valence-corrected chi connectivity index (χ0v) is 12.6. The fourth-order valence-corrected chi connectivity index (χ4v) is 2.67. The average molecular weight is 305 g/mol. The number of benzene rings is 1. The van der Waals surface area contributed by atoms with Gasteiger partial charge in [-0.25, -0.2) is 4.98 Å². The summed E-state index contributed by atoms with van der Waals surface area (Å²) >= 11 is 6.05. The molecule has 0 spiro atoms. The Morgan fingerprint density at radius 2 is 2.19 bits per heavy atom. The first-order valence-electron chi connectivity index (χ1n) is 7.02. The lowest BCUT2D eigenvalue weighted by atomic mass is 10.2. The number of rotatable bonds is 6. The van der Waals surface area contributed by atoms with E-state index < -0.39 is 0 Å². The van der Waals surface area contributed by atoms with Crippen molar-refractivity contribution in [1.29, 1.82) is 0 Å². The van der Waals surface area contributed by atoms with Gasteiger partial charge < -0.3 is 13.7 Å². The molecule has 2 aromatic heterocycles. The molecule has 3 rings (SSSR count). The second-order valence-corrected chi connectivity index (χ2v) is 4.97. The van der Waals surface area contributed by atoms with Gasteiger partial charge in [0.05, 0.1) is 24.3 Å². The molecule has 0 radical (unpaired) electrons. The van der Waals surface area contributed by atoms with Crippen molar-refractivity contribution in [2.75, 3.05) is 6.61 Å². The molecule has 0 saturated carbocycles. The molecule has 0 bridgehead atoms.